The van der Waals surface area contributed by atoms with E-state index in [4.69, 9.17) is 6.42 Å². The Morgan fingerprint density at radius 3 is 2.44 bits per heavy atom. The number of halogens is 1. The summed E-state index contributed by atoms with van der Waals surface area (Å²) >= 11 is 0. The molecule has 0 heterocycles. The van der Waals surface area contributed by atoms with Crippen molar-refractivity contribution < 1.29 is 8.42 Å². The van der Waals surface area contributed by atoms with Crippen LogP contribution in [0.4, 0.5) is 0 Å². The first-order valence-corrected chi connectivity index (χ1v) is 9.25. The van der Waals surface area contributed by atoms with Crippen LogP contribution in [0.3, 0.4) is 0 Å². The van der Waals surface area contributed by atoms with E-state index >= 15 is 0 Å². The molecule has 0 saturated heterocycles. The van der Waals surface area contributed by atoms with Gasteiger partial charge in [0.05, 0.1) is 18.0 Å². The average molecular weight is 478 g/mol. The molecule has 6 nitrogen and oxygen atoms in total. The fourth-order valence-electron chi connectivity index (χ4n) is 2.00. The van der Waals surface area contributed by atoms with Gasteiger partial charge in [0.1, 0.15) is 0 Å². The van der Waals surface area contributed by atoms with E-state index in [2.05, 4.69) is 26.3 Å². The zero-order valence-electron chi connectivity index (χ0n) is 15.1. The van der Waals surface area contributed by atoms with Crippen molar-refractivity contribution >= 4 is 40.0 Å². The Morgan fingerprint density at radius 1 is 1.24 bits per heavy atom. The number of terminal acetylenes is 1. The molecule has 3 N–H and O–H groups in total. The van der Waals surface area contributed by atoms with Gasteiger partial charge in [-0.1, -0.05) is 24.1 Å². The summed E-state index contributed by atoms with van der Waals surface area (Å²) in [6.45, 7) is 8.61. The van der Waals surface area contributed by atoms with Gasteiger partial charge in [-0.05, 0) is 39.3 Å². The number of guanidine groups is 1. The molecule has 1 aromatic rings. The molecule has 0 aliphatic carbocycles. The Labute approximate surface area is 168 Å². The molecule has 0 fully saturated rings. The quantitative estimate of drug-likeness (QED) is 0.253. The number of hydrogen-bond donors (Lipinski definition) is 3. The van der Waals surface area contributed by atoms with Crippen LogP contribution in [0.5, 0.6) is 0 Å². The zero-order valence-corrected chi connectivity index (χ0v) is 18.2. The lowest BCUT2D eigenvalue weighted by atomic mass is 10.1. The first-order chi connectivity index (χ1) is 11.2. The van der Waals surface area contributed by atoms with Crippen molar-refractivity contribution in [1.82, 2.24) is 15.4 Å². The third kappa shape index (κ3) is 8.56. The molecule has 140 valence electrons. The number of benzene rings is 1. The van der Waals surface area contributed by atoms with Crippen LogP contribution >= 0.6 is 24.0 Å². The highest BCUT2D eigenvalue weighted by Crippen LogP contribution is 2.18. The van der Waals surface area contributed by atoms with Crippen molar-refractivity contribution in [2.45, 2.75) is 44.7 Å². The molecule has 0 aliphatic rings. The summed E-state index contributed by atoms with van der Waals surface area (Å²) < 4.78 is 27.9. The SMILES string of the molecule is C#CCNC(=NCc1ccccc1S(=O)(=O)NC(C)(C)C)NCC.I. The van der Waals surface area contributed by atoms with Gasteiger partial charge in [-0.25, -0.2) is 18.1 Å². The van der Waals surface area contributed by atoms with E-state index < -0.39 is 15.6 Å². The monoisotopic (exact) mass is 478 g/mol. The Balaban J connectivity index is 0.00000576. The number of hydrogen-bond acceptors (Lipinski definition) is 3. The van der Waals surface area contributed by atoms with Crippen LogP contribution in [0.15, 0.2) is 34.2 Å². The van der Waals surface area contributed by atoms with Crippen LogP contribution in [-0.2, 0) is 16.6 Å². The van der Waals surface area contributed by atoms with Crippen LogP contribution in [0.1, 0.15) is 33.3 Å². The van der Waals surface area contributed by atoms with Crippen LogP contribution in [0, 0.1) is 12.3 Å². The third-order valence-electron chi connectivity index (χ3n) is 2.81. The van der Waals surface area contributed by atoms with Crippen molar-refractivity contribution in [3.05, 3.63) is 29.8 Å². The smallest absolute Gasteiger partial charge is 0.241 e. The van der Waals surface area contributed by atoms with Crippen LogP contribution < -0.4 is 15.4 Å². The number of rotatable bonds is 6. The number of nitrogens with zero attached hydrogens (tertiary/aromatic N) is 1. The molecule has 0 spiro atoms. The second-order valence-electron chi connectivity index (χ2n) is 6.22. The van der Waals surface area contributed by atoms with Crippen molar-refractivity contribution in [3.8, 4) is 12.3 Å². The fraction of sp³-hybridized carbons (Fsp3) is 0.471. The van der Waals surface area contributed by atoms with E-state index in [-0.39, 0.29) is 35.4 Å². The number of sulfonamides is 1. The minimum absolute atomic E-state index is 0. The fourth-order valence-corrected chi connectivity index (χ4v) is 3.65. The maximum atomic E-state index is 12.6. The van der Waals surface area contributed by atoms with Gasteiger partial charge in [-0.2, -0.15) is 0 Å². The largest absolute Gasteiger partial charge is 0.357 e. The molecule has 0 unspecified atom stereocenters. The predicted octanol–water partition coefficient (Wildman–Crippen LogP) is 2.07. The molecule has 0 bridgehead atoms. The van der Waals surface area contributed by atoms with Gasteiger partial charge in [0.2, 0.25) is 10.0 Å². The van der Waals surface area contributed by atoms with Gasteiger partial charge in [0, 0.05) is 12.1 Å². The lowest BCUT2D eigenvalue weighted by Gasteiger charge is -2.21. The summed E-state index contributed by atoms with van der Waals surface area (Å²) in [4.78, 5) is 4.63. The highest BCUT2D eigenvalue weighted by Gasteiger charge is 2.24. The van der Waals surface area contributed by atoms with Crippen LogP contribution in [0.2, 0.25) is 0 Å². The average Bonchev–Trinajstić information content (AvgIpc) is 2.48. The maximum Gasteiger partial charge on any atom is 0.241 e. The Kier molecular flexibility index (Phi) is 10.1. The summed E-state index contributed by atoms with van der Waals surface area (Å²) in [7, 11) is -3.62. The molecule has 25 heavy (non-hydrogen) atoms. The molecule has 0 aliphatic heterocycles. The maximum absolute atomic E-state index is 12.6. The van der Waals surface area contributed by atoms with Crippen molar-refractivity contribution in [3.63, 3.8) is 0 Å². The lowest BCUT2D eigenvalue weighted by molar-refractivity contribution is 0.491. The van der Waals surface area contributed by atoms with E-state index in [1.165, 1.54) is 0 Å². The summed E-state index contributed by atoms with van der Waals surface area (Å²) in [5.74, 6) is 3.03. The Hall–Kier alpha value is -1.31. The number of aliphatic imine (C=N–C) groups is 1. The number of nitrogens with one attached hydrogen (secondary N) is 3. The van der Waals surface area contributed by atoms with E-state index in [1.54, 1.807) is 45.0 Å². The highest BCUT2D eigenvalue weighted by molar-refractivity contribution is 14.0. The van der Waals surface area contributed by atoms with Gasteiger partial charge in [-0.15, -0.1) is 30.4 Å². The molecular weight excluding hydrogens is 451 g/mol. The van der Waals surface area contributed by atoms with Crippen LogP contribution in [-0.4, -0.2) is 33.0 Å². The normalized spacial score (nSPS) is 12.0. The predicted molar refractivity (Wildman–Crippen MR) is 114 cm³/mol. The zero-order chi connectivity index (χ0) is 18.2. The van der Waals surface area contributed by atoms with Crippen molar-refractivity contribution in [1.29, 1.82) is 0 Å². The van der Waals surface area contributed by atoms with Gasteiger partial charge in [-0.3, -0.25) is 0 Å². The van der Waals surface area contributed by atoms with Crippen molar-refractivity contribution in [2.75, 3.05) is 13.1 Å². The lowest BCUT2D eigenvalue weighted by Crippen LogP contribution is -2.40. The second kappa shape index (κ2) is 10.6. The Morgan fingerprint density at radius 2 is 1.88 bits per heavy atom. The van der Waals surface area contributed by atoms with Crippen molar-refractivity contribution in [2.24, 2.45) is 4.99 Å². The van der Waals surface area contributed by atoms with E-state index in [0.717, 1.165) is 0 Å². The topological polar surface area (TPSA) is 82.6 Å². The molecule has 1 aromatic carbocycles. The van der Waals surface area contributed by atoms with E-state index in [9.17, 15) is 8.42 Å². The molecule has 0 atom stereocenters. The molecule has 0 amide bonds. The van der Waals surface area contributed by atoms with Gasteiger partial charge in [0.15, 0.2) is 5.96 Å². The molecule has 8 heteroatoms. The van der Waals surface area contributed by atoms with E-state index in [1.807, 2.05) is 6.92 Å². The molecule has 0 saturated carbocycles. The summed E-state index contributed by atoms with van der Waals surface area (Å²) in [6.07, 6.45) is 5.24. The van der Waals surface area contributed by atoms with Crippen LogP contribution in [0.25, 0.3) is 0 Å². The van der Waals surface area contributed by atoms with Gasteiger partial charge < -0.3 is 10.6 Å². The second-order valence-corrected chi connectivity index (χ2v) is 7.87. The van der Waals surface area contributed by atoms with Gasteiger partial charge >= 0.3 is 0 Å². The highest BCUT2D eigenvalue weighted by atomic mass is 127. The first-order valence-electron chi connectivity index (χ1n) is 7.77. The Bertz CT molecular complexity index is 719. The minimum atomic E-state index is -3.62. The standard InChI is InChI=1S/C17H26N4O2S.HI/c1-6-12-19-16(18-7-2)20-13-14-10-8-9-11-15(14)24(22,23)21-17(3,4)5;/h1,8-11,21H,7,12-13H2,2-5H3,(H2,18,19,20);1H. The molecule has 0 aromatic heterocycles. The molecule has 1 rings (SSSR count). The third-order valence-corrected chi connectivity index (χ3v) is 4.67. The summed E-state index contributed by atoms with van der Waals surface area (Å²) in [5, 5.41) is 6.04. The summed E-state index contributed by atoms with van der Waals surface area (Å²) in [6, 6.07) is 6.83. The molecular formula is C17H27IN4O2S. The minimum Gasteiger partial charge on any atom is -0.357 e. The first kappa shape index (κ1) is 23.7. The van der Waals surface area contributed by atoms with Gasteiger partial charge in [0.25, 0.3) is 0 Å². The molecule has 0 radical (unpaired) electrons. The van der Waals surface area contributed by atoms with E-state index in [0.29, 0.717) is 24.6 Å². The summed E-state index contributed by atoms with van der Waals surface area (Å²) in [5.41, 5.74) is 0.0607.